The zero-order valence-corrected chi connectivity index (χ0v) is 16.1. The number of aryl methyl sites for hydroxylation is 1. The van der Waals surface area contributed by atoms with Crippen LogP contribution >= 0.6 is 15.9 Å². The van der Waals surface area contributed by atoms with Gasteiger partial charge in [0, 0.05) is 42.5 Å². The molecule has 5 nitrogen and oxygen atoms in total. The van der Waals surface area contributed by atoms with Crippen LogP contribution < -0.4 is 0 Å². The van der Waals surface area contributed by atoms with E-state index < -0.39 is 0 Å². The Kier molecular flexibility index (Phi) is 4.86. The van der Waals surface area contributed by atoms with Gasteiger partial charge in [-0.1, -0.05) is 30.3 Å². The van der Waals surface area contributed by atoms with E-state index >= 15 is 0 Å². The maximum Gasteiger partial charge on any atom is 0.106 e. The van der Waals surface area contributed by atoms with Crippen LogP contribution in [-0.2, 0) is 24.9 Å². The monoisotopic (exact) mass is 410 g/mol. The van der Waals surface area contributed by atoms with Gasteiger partial charge < -0.3 is 9.30 Å². The Morgan fingerprint density at radius 2 is 1.96 bits per heavy atom. The van der Waals surface area contributed by atoms with Gasteiger partial charge in [0.2, 0.25) is 0 Å². The van der Waals surface area contributed by atoms with E-state index in [-0.39, 0.29) is 0 Å². The minimum absolute atomic E-state index is 0.624. The summed E-state index contributed by atoms with van der Waals surface area (Å²) in [7, 11) is 1.93. The zero-order valence-electron chi connectivity index (χ0n) is 14.5. The van der Waals surface area contributed by atoms with Crippen LogP contribution in [0, 0.1) is 0 Å². The number of pyridine rings is 1. The summed E-state index contributed by atoms with van der Waals surface area (Å²) < 4.78 is 10.7. The first-order valence-electron chi connectivity index (χ1n) is 8.46. The van der Waals surface area contributed by atoms with Crippen molar-refractivity contribution in [3.05, 3.63) is 71.4 Å². The van der Waals surface area contributed by atoms with E-state index in [1.807, 2.05) is 48.5 Å². The predicted molar refractivity (Wildman–Crippen MR) is 106 cm³/mol. The number of fused-ring (bicyclic) bond motifs is 1. The molecular weight excluding hydrogens is 392 g/mol. The van der Waals surface area contributed by atoms with Crippen molar-refractivity contribution in [2.75, 3.05) is 6.61 Å². The fourth-order valence-electron chi connectivity index (χ4n) is 3.06. The van der Waals surface area contributed by atoms with Crippen molar-refractivity contribution in [3.63, 3.8) is 0 Å². The van der Waals surface area contributed by atoms with Gasteiger partial charge in [0.1, 0.15) is 4.60 Å². The minimum atomic E-state index is 0.624. The maximum atomic E-state index is 5.85. The van der Waals surface area contributed by atoms with Crippen LogP contribution in [0.25, 0.3) is 22.0 Å². The number of rotatable bonds is 6. The molecule has 0 aliphatic carbocycles. The second kappa shape index (κ2) is 7.43. The van der Waals surface area contributed by atoms with Crippen molar-refractivity contribution in [3.8, 4) is 11.1 Å². The first kappa shape index (κ1) is 17.0. The van der Waals surface area contributed by atoms with Crippen molar-refractivity contribution >= 4 is 26.8 Å². The molecule has 0 saturated carbocycles. The molecule has 0 radical (unpaired) electrons. The van der Waals surface area contributed by atoms with E-state index in [9.17, 15) is 0 Å². The highest BCUT2D eigenvalue weighted by molar-refractivity contribution is 9.10. The molecule has 4 rings (SSSR count). The Bertz CT molecular complexity index is 1020. The Morgan fingerprint density at radius 3 is 2.73 bits per heavy atom. The molecular formula is C20H19BrN4O. The van der Waals surface area contributed by atoms with E-state index in [2.05, 4.69) is 55.0 Å². The van der Waals surface area contributed by atoms with E-state index in [4.69, 9.17) is 4.74 Å². The molecule has 3 aromatic heterocycles. The second-order valence-electron chi connectivity index (χ2n) is 6.20. The van der Waals surface area contributed by atoms with Gasteiger partial charge in [0.25, 0.3) is 0 Å². The quantitative estimate of drug-likeness (QED) is 0.349. The number of ether oxygens (including phenoxy) is 1. The van der Waals surface area contributed by atoms with Gasteiger partial charge in [0.15, 0.2) is 0 Å². The summed E-state index contributed by atoms with van der Waals surface area (Å²) in [6.45, 7) is 2.04. The Hall–Kier alpha value is -2.44. The average Bonchev–Trinajstić information content (AvgIpc) is 3.23. The Morgan fingerprint density at radius 1 is 1.12 bits per heavy atom. The van der Waals surface area contributed by atoms with Gasteiger partial charge in [0.05, 0.1) is 31.1 Å². The molecule has 1 aromatic carbocycles. The number of nitrogens with zero attached hydrogens (tertiary/aromatic N) is 4. The molecule has 0 unspecified atom stereocenters. The number of halogens is 1. The van der Waals surface area contributed by atoms with Crippen molar-refractivity contribution in [2.45, 2.75) is 13.2 Å². The average molecular weight is 411 g/mol. The third kappa shape index (κ3) is 3.57. The summed E-state index contributed by atoms with van der Waals surface area (Å²) in [5.41, 5.74) is 4.53. The summed E-state index contributed by atoms with van der Waals surface area (Å²) in [4.78, 5) is 4.39. The lowest BCUT2D eigenvalue weighted by Crippen LogP contribution is -2.05. The van der Waals surface area contributed by atoms with Crippen LogP contribution in [0.3, 0.4) is 0 Å². The van der Waals surface area contributed by atoms with Crippen LogP contribution in [0.1, 0.15) is 5.56 Å². The molecule has 4 aromatic rings. The fourth-order valence-corrected chi connectivity index (χ4v) is 3.40. The second-order valence-corrected chi connectivity index (χ2v) is 7.01. The van der Waals surface area contributed by atoms with Gasteiger partial charge in [-0.3, -0.25) is 4.68 Å². The van der Waals surface area contributed by atoms with Crippen molar-refractivity contribution in [2.24, 2.45) is 7.05 Å². The largest absolute Gasteiger partial charge is 0.375 e. The first-order valence-corrected chi connectivity index (χ1v) is 9.25. The predicted octanol–water partition coefficient (Wildman–Crippen LogP) is 4.42. The molecule has 26 heavy (non-hydrogen) atoms. The topological polar surface area (TPSA) is 44.9 Å². The highest BCUT2D eigenvalue weighted by atomic mass is 79.9. The van der Waals surface area contributed by atoms with Crippen LogP contribution in [0.15, 0.2) is 65.8 Å². The fraction of sp³-hybridized carbons (Fsp3) is 0.200. The molecule has 0 atom stereocenters. The number of hydrogen-bond acceptors (Lipinski definition) is 3. The van der Waals surface area contributed by atoms with Crippen molar-refractivity contribution in [1.82, 2.24) is 19.3 Å². The summed E-state index contributed by atoms with van der Waals surface area (Å²) in [6, 6.07) is 12.3. The summed E-state index contributed by atoms with van der Waals surface area (Å²) in [5, 5.41) is 5.45. The van der Waals surface area contributed by atoms with Gasteiger partial charge in [-0.05, 0) is 27.6 Å². The molecule has 0 saturated heterocycles. The third-order valence-electron chi connectivity index (χ3n) is 4.34. The number of aromatic nitrogens is 4. The lowest BCUT2D eigenvalue weighted by molar-refractivity contribution is 0.114. The number of hydrogen-bond donors (Lipinski definition) is 0. The molecule has 0 aliphatic rings. The Balaban J connectivity index is 1.55. The zero-order chi connectivity index (χ0) is 17.9. The van der Waals surface area contributed by atoms with E-state index in [0.29, 0.717) is 13.2 Å². The van der Waals surface area contributed by atoms with Crippen molar-refractivity contribution in [1.29, 1.82) is 0 Å². The molecule has 0 N–H and O–H groups in total. The van der Waals surface area contributed by atoms with Gasteiger partial charge in [-0.2, -0.15) is 5.10 Å². The lowest BCUT2D eigenvalue weighted by Gasteiger charge is -2.07. The van der Waals surface area contributed by atoms with Gasteiger partial charge in [-0.15, -0.1) is 0 Å². The highest BCUT2D eigenvalue weighted by Gasteiger charge is 2.12. The van der Waals surface area contributed by atoms with E-state index in [1.54, 1.807) is 0 Å². The Labute approximate surface area is 160 Å². The lowest BCUT2D eigenvalue weighted by atomic mass is 10.1. The smallest absolute Gasteiger partial charge is 0.106 e. The van der Waals surface area contributed by atoms with Crippen LogP contribution in [0.4, 0.5) is 0 Å². The summed E-state index contributed by atoms with van der Waals surface area (Å²) >= 11 is 3.48. The number of benzene rings is 1. The standard InChI is InChI=1S/C20H19BrN4O/c1-24-12-16(10-23-24)18-13-25(19-11-22-20(21)9-17(18)19)7-8-26-14-15-5-3-2-4-6-15/h2-6,9-13H,7-8,14H2,1H3. The molecule has 6 heteroatoms. The molecule has 0 spiro atoms. The van der Waals surface area contributed by atoms with E-state index in [0.717, 1.165) is 33.2 Å². The molecule has 0 bridgehead atoms. The molecule has 3 heterocycles. The van der Waals surface area contributed by atoms with Crippen LogP contribution in [0.5, 0.6) is 0 Å². The van der Waals surface area contributed by atoms with Gasteiger partial charge in [-0.25, -0.2) is 4.98 Å². The first-order chi connectivity index (χ1) is 12.7. The maximum absolute atomic E-state index is 5.85. The molecule has 0 amide bonds. The van der Waals surface area contributed by atoms with E-state index in [1.165, 1.54) is 5.56 Å². The minimum Gasteiger partial charge on any atom is -0.375 e. The normalized spacial score (nSPS) is 11.3. The van der Waals surface area contributed by atoms with Crippen LogP contribution in [0.2, 0.25) is 0 Å². The third-order valence-corrected chi connectivity index (χ3v) is 4.77. The molecule has 0 aliphatic heterocycles. The van der Waals surface area contributed by atoms with Gasteiger partial charge >= 0.3 is 0 Å². The SMILES string of the molecule is Cn1cc(-c2cn(CCOCc3ccccc3)c3cnc(Br)cc23)cn1. The molecule has 0 fully saturated rings. The van der Waals surface area contributed by atoms with Crippen LogP contribution in [-0.4, -0.2) is 25.9 Å². The van der Waals surface area contributed by atoms with Crippen molar-refractivity contribution < 1.29 is 4.74 Å². The summed E-state index contributed by atoms with van der Waals surface area (Å²) in [6.07, 6.45) is 7.97. The molecule has 132 valence electrons. The highest BCUT2D eigenvalue weighted by Crippen LogP contribution is 2.31. The summed E-state index contributed by atoms with van der Waals surface area (Å²) in [5.74, 6) is 0.